The lowest BCUT2D eigenvalue weighted by Gasteiger charge is -2.36. The first kappa shape index (κ1) is 25.3. The maximum Gasteiger partial charge on any atom is 0.225 e. The van der Waals surface area contributed by atoms with E-state index >= 15 is 0 Å². The van der Waals surface area contributed by atoms with Gasteiger partial charge >= 0.3 is 0 Å². The number of nitrogens with one attached hydrogen (secondary N) is 2. The van der Waals surface area contributed by atoms with E-state index in [2.05, 4.69) is 34.8 Å². The van der Waals surface area contributed by atoms with Crippen LogP contribution in [0.5, 0.6) is 0 Å². The molecule has 1 aliphatic rings. The number of H-pyrrole nitrogens is 1. The summed E-state index contributed by atoms with van der Waals surface area (Å²) < 4.78 is 15.2. The van der Waals surface area contributed by atoms with E-state index < -0.39 is 5.41 Å². The second-order valence-corrected chi connectivity index (χ2v) is 9.53. The van der Waals surface area contributed by atoms with Crippen molar-refractivity contribution in [2.24, 2.45) is 12.0 Å². The van der Waals surface area contributed by atoms with Gasteiger partial charge in [0.15, 0.2) is 5.84 Å². The van der Waals surface area contributed by atoms with Crippen LogP contribution in [0.3, 0.4) is 0 Å². The Balaban J connectivity index is 1.27. The molecule has 4 heterocycles. The van der Waals surface area contributed by atoms with E-state index in [-0.39, 0.29) is 12.4 Å². The Labute approximate surface area is 220 Å². The second kappa shape index (κ2) is 10.5. The zero-order valence-electron chi connectivity index (χ0n) is 21.3. The molecule has 11 heteroatoms. The van der Waals surface area contributed by atoms with Crippen molar-refractivity contribution in [1.29, 1.82) is 5.41 Å². The van der Waals surface area contributed by atoms with Crippen LogP contribution in [0.15, 0.2) is 66.3 Å². The van der Waals surface area contributed by atoms with Crippen LogP contribution in [-0.4, -0.2) is 79.7 Å². The number of hydrogen-bond donors (Lipinski definition) is 3. The first-order chi connectivity index (χ1) is 18.4. The highest BCUT2D eigenvalue weighted by molar-refractivity contribution is 6.01. The summed E-state index contributed by atoms with van der Waals surface area (Å²) in [4.78, 5) is 21.1. The van der Waals surface area contributed by atoms with Crippen LogP contribution in [0.2, 0.25) is 0 Å². The number of aliphatic imine (C=N–C) groups is 1. The molecule has 3 N–H and O–H groups in total. The Morgan fingerprint density at radius 2 is 1.82 bits per heavy atom. The minimum Gasteiger partial charge on any atom is -0.395 e. The van der Waals surface area contributed by atoms with Gasteiger partial charge in [-0.15, -0.1) is 0 Å². The van der Waals surface area contributed by atoms with Crippen molar-refractivity contribution in [2.45, 2.75) is 12.3 Å². The van der Waals surface area contributed by atoms with Gasteiger partial charge < -0.3 is 19.9 Å². The summed E-state index contributed by atoms with van der Waals surface area (Å²) in [6.45, 7) is 4.47. The van der Waals surface area contributed by atoms with Crippen LogP contribution < -0.4 is 4.90 Å². The summed E-state index contributed by atoms with van der Waals surface area (Å²) in [6, 6.07) is 8.15. The number of benzene rings is 1. The molecule has 1 aromatic carbocycles. The molecule has 0 aliphatic carbocycles. The van der Waals surface area contributed by atoms with E-state index in [0.29, 0.717) is 38.0 Å². The first-order valence-corrected chi connectivity index (χ1v) is 12.3. The van der Waals surface area contributed by atoms with Crippen molar-refractivity contribution < 1.29 is 9.50 Å². The van der Waals surface area contributed by atoms with Crippen molar-refractivity contribution in [2.75, 3.05) is 37.7 Å². The largest absolute Gasteiger partial charge is 0.395 e. The maximum absolute atomic E-state index is 13.4. The van der Waals surface area contributed by atoms with Gasteiger partial charge in [0.25, 0.3) is 0 Å². The van der Waals surface area contributed by atoms with Crippen LogP contribution in [0.4, 0.5) is 10.3 Å². The van der Waals surface area contributed by atoms with E-state index in [9.17, 15) is 9.50 Å². The van der Waals surface area contributed by atoms with Crippen molar-refractivity contribution in [1.82, 2.24) is 29.6 Å². The zero-order valence-corrected chi connectivity index (χ0v) is 21.3. The number of aromatic nitrogens is 5. The van der Waals surface area contributed by atoms with E-state index in [4.69, 9.17) is 5.41 Å². The fourth-order valence-corrected chi connectivity index (χ4v) is 4.70. The van der Waals surface area contributed by atoms with Crippen LogP contribution in [0.25, 0.3) is 11.1 Å². The molecule has 4 aromatic rings. The predicted molar refractivity (Wildman–Crippen MR) is 144 cm³/mol. The van der Waals surface area contributed by atoms with Gasteiger partial charge in [0.05, 0.1) is 18.5 Å². The number of aliphatic hydroxyl groups is 1. The van der Waals surface area contributed by atoms with Crippen molar-refractivity contribution in [3.8, 4) is 11.1 Å². The minimum absolute atomic E-state index is 0.156. The molecule has 5 rings (SSSR count). The number of anilines is 1. The molecule has 3 aromatic heterocycles. The zero-order chi connectivity index (χ0) is 26.7. The molecule has 196 valence electrons. The summed E-state index contributed by atoms with van der Waals surface area (Å²) in [6.07, 6.45) is 10.2. The van der Waals surface area contributed by atoms with Gasteiger partial charge in [-0.1, -0.05) is 12.1 Å². The normalized spacial score (nSPS) is 15.9. The first-order valence-electron chi connectivity index (χ1n) is 12.3. The lowest BCUT2D eigenvalue weighted by Crippen LogP contribution is -2.49. The molecule has 10 nitrogen and oxygen atoms in total. The Morgan fingerprint density at radius 3 is 2.42 bits per heavy atom. The van der Waals surface area contributed by atoms with Crippen molar-refractivity contribution in [3.63, 3.8) is 0 Å². The maximum atomic E-state index is 13.4. The van der Waals surface area contributed by atoms with Crippen LogP contribution in [-0.2, 0) is 12.5 Å². The van der Waals surface area contributed by atoms with Gasteiger partial charge in [0, 0.05) is 80.1 Å². The number of nitrogens with zero attached hydrogens (tertiary/aromatic N) is 7. The number of aliphatic hydroxyl groups excluding tert-OH is 1. The van der Waals surface area contributed by atoms with Crippen LogP contribution in [0, 0.1) is 11.2 Å². The summed E-state index contributed by atoms with van der Waals surface area (Å²) in [7, 11) is 1.88. The molecule has 1 aliphatic heterocycles. The summed E-state index contributed by atoms with van der Waals surface area (Å²) in [5.41, 5.74) is 3.66. The molecule has 0 radical (unpaired) electrons. The van der Waals surface area contributed by atoms with Gasteiger partial charge in [0.2, 0.25) is 5.95 Å². The topological polar surface area (TPSA) is 122 Å². The highest BCUT2D eigenvalue weighted by Crippen LogP contribution is 2.31. The number of amidine groups is 1. The predicted octanol–water partition coefficient (Wildman–Crippen LogP) is 2.82. The average Bonchev–Trinajstić information content (AvgIpc) is 3.61. The van der Waals surface area contributed by atoms with Crippen LogP contribution in [0.1, 0.15) is 23.7 Å². The Hall–Kier alpha value is -4.38. The standard InChI is InChI=1S/C27H30FN9O/c1-27(17-38,21-3-5-23(28)6-4-21)22-14-31-26(32-15-22)37-9-7-36(8-10-37)25(33-18-29)24-11-19(12-30-24)20-13-34-35(2)16-20/h3-6,11-16,18,29-30,38H,7-10,17H2,1-2H3/b29-18?,33-25+/t27-/m0/s1. The number of piperazine rings is 1. The van der Waals surface area contributed by atoms with Gasteiger partial charge in [-0.2, -0.15) is 5.10 Å². The smallest absolute Gasteiger partial charge is 0.225 e. The Bertz CT molecular complexity index is 1420. The molecule has 0 amide bonds. The Morgan fingerprint density at radius 1 is 1.11 bits per heavy atom. The highest BCUT2D eigenvalue weighted by Gasteiger charge is 2.30. The summed E-state index contributed by atoms with van der Waals surface area (Å²) >= 11 is 0. The van der Waals surface area contributed by atoms with E-state index in [0.717, 1.165) is 34.3 Å². The van der Waals surface area contributed by atoms with Crippen LogP contribution >= 0.6 is 0 Å². The lowest BCUT2D eigenvalue weighted by atomic mass is 9.78. The molecular formula is C27H30FN9O. The molecule has 1 fully saturated rings. The number of hydrogen-bond acceptors (Lipinski definition) is 6. The van der Waals surface area contributed by atoms with E-state index in [1.165, 1.54) is 12.1 Å². The fourth-order valence-electron chi connectivity index (χ4n) is 4.70. The second-order valence-electron chi connectivity index (χ2n) is 9.53. The van der Waals surface area contributed by atoms with Crippen molar-refractivity contribution in [3.05, 3.63) is 84.0 Å². The average molecular weight is 516 g/mol. The van der Waals surface area contributed by atoms with E-state index in [1.54, 1.807) is 29.2 Å². The van der Waals surface area contributed by atoms with Gasteiger partial charge in [-0.25, -0.2) is 19.4 Å². The fraction of sp³-hybridized carbons (Fsp3) is 0.296. The monoisotopic (exact) mass is 515 g/mol. The van der Waals surface area contributed by atoms with E-state index in [1.807, 2.05) is 38.6 Å². The molecule has 1 saturated heterocycles. The molecule has 0 spiro atoms. The Kier molecular flexibility index (Phi) is 7.01. The lowest BCUT2D eigenvalue weighted by molar-refractivity contribution is 0.230. The van der Waals surface area contributed by atoms with Crippen molar-refractivity contribution >= 4 is 18.1 Å². The van der Waals surface area contributed by atoms with Gasteiger partial charge in [0.1, 0.15) is 12.2 Å². The summed E-state index contributed by atoms with van der Waals surface area (Å²) in [5.74, 6) is 1.000. The minimum atomic E-state index is -0.742. The molecule has 0 bridgehead atoms. The highest BCUT2D eigenvalue weighted by atomic mass is 19.1. The molecule has 0 saturated carbocycles. The van der Waals surface area contributed by atoms with Gasteiger partial charge in [-0.05, 0) is 30.7 Å². The number of aromatic amines is 1. The van der Waals surface area contributed by atoms with Gasteiger partial charge in [-0.3, -0.25) is 10.1 Å². The third kappa shape index (κ3) is 4.92. The molecule has 38 heavy (non-hydrogen) atoms. The number of rotatable bonds is 7. The SMILES string of the molecule is Cn1cc(-c2c[nH]c(/C(=N\C=N)N3CCN(c4ncc([C@@](C)(CO)c5ccc(F)cc5)cn4)CC3)c2)cn1. The molecule has 0 unspecified atom stereocenters. The molecular weight excluding hydrogens is 485 g/mol. The number of aryl methyl sites for hydroxylation is 1. The quantitative estimate of drug-likeness (QED) is 0.257. The third-order valence-electron chi connectivity index (χ3n) is 7.08. The third-order valence-corrected chi connectivity index (χ3v) is 7.08. The number of halogens is 1. The summed E-state index contributed by atoms with van der Waals surface area (Å²) in [5, 5.41) is 22.0. The molecule has 1 atom stereocenters.